The Morgan fingerprint density at radius 2 is 2.00 bits per heavy atom. The van der Waals surface area contributed by atoms with E-state index in [0.717, 1.165) is 5.56 Å². The molecule has 3 rings (SSSR count). The van der Waals surface area contributed by atoms with E-state index in [9.17, 15) is 4.79 Å². The van der Waals surface area contributed by atoms with Crippen molar-refractivity contribution < 1.29 is 4.42 Å². The minimum absolute atomic E-state index is 0.154. The number of hydrogen-bond acceptors (Lipinski definition) is 6. The van der Waals surface area contributed by atoms with Gasteiger partial charge in [-0.1, -0.05) is 11.6 Å². The van der Waals surface area contributed by atoms with Crippen molar-refractivity contribution in [2.45, 2.75) is 6.92 Å². The van der Waals surface area contributed by atoms with Gasteiger partial charge in [-0.3, -0.25) is 9.78 Å². The third kappa shape index (κ3) is 3.64. The van der Waals surface area contributed by atoms with Crippen LogP contribution in [-0.4, -0.2) is 21.4 Å². The summed E-state index contributed by atoms with van der Waals surface area (Å²) < 4.78 is 5.65. The van der Waals surface area contributed by atoms with Gasteiger partial charge in [0.15, 0.2) is 0 Å². The van der Waals surface area contributed by atoms with Crippen LogP contribution in [-0.2, 0) is 0 Å². The van der Waals surface area contributed by atoms with Gasteiger partial charge >= 0.3 is 0 Å². The van der Waals surface area contributed by atoms with Crippen molar-refractivity contribution >= 4 is 23.8 Å². The van der Waals surface area contributed by atoms with Crippen LogP contribution in [0.25, 0.3) is 11.3 Å². The second kappa shape index (κ2) is 6.45. The lowest BCUT2D eigenvalue weighted by Gasteiger charge is -1.97. The van der Waals surface area contributed by atoms with Gasteiger partial charge in [0.05, 0.1) is 6.21 Å². The van der Waals surface area contributed by atoms with Crippen molar-refractivity contribution in [1.29, 1.82) is 0 Å². The number of nitrogens with one attached hydrogen (secondary N) is 2. The number of aromatic nitrogens is 3. The van der Waals surface area contributed by atoms with Gasteiger partial charge in [0.1, 0.15) is 17.2 Å². The first-order valence-electron chi connectivity index (χ1n) is 6.70. The average Bonchev–Trinajstić information content (AvgIpc) is 3.00. The normalized spacial score (nSPS) is 11.0. The molecule has 0 atom stereocenters. The van der Waals surface area contributed by atoms with E-state index in [2.05, 4.69) is 25.7 Å². The summed E-state index contributed by atoms with van der Waals surface area (Å²) in [5, 5.41) is 12.1. The van der Waals surface area contributed by atoms with Crippen LogP contribution in [0.1, 0.15) is 11.5 Å². The van der Waals surface area contributed by atoms with Crippen molar-refractivity contribution in [2.75, 3.05) is 5.43 Å². The Balaban J connectivity index is 1.69. The number of halogens is 1. The molecule has 0 bridgehead atoms. The van der Waals surface area contributed by atoms with Gasteiger partial charge in [-0.25, -0.2) is 5.43 Å². The number of H-pyrrole nitrogens is 1. The van der Waals surface area contributed by atoms with Gasteiger partial charge in [-0.2, -0.15) is 5.10 Å². The average molecular weight is 330 g/mol. The van der Waals surface area contributed by atoms with E-state index in [0.29, 0.717) is 16.5 Å². The summed E-state index contributed by atoms with van der Waals surface area (Å²) in [5.41, 5.74) is 3.46. The number of rotatable bonds is 4. The standard InChI is InChI=1S/C15H12ClN5O2/c1-9-14(22)18-15(21-19-9)20-17-8-12-6-7-13(23-12)10-2-4-11(16)5-3-10/h2-8H,1H3,(H2,18,20,21,22)/b17-8+. The summed E-state index contributed by atoms with van der Waals surface area (Å²) in [6.45, 7) is 1.57. The zero-order valence-electron chi connectivity index (χ0n) is 12.1. The maximum atomic E-state index is 11.4. The molecular weight excluding hydrogens is 318 g/mol. The molecule has 23 heavy (non-hydrogen) atoms. The van der Waals surface area contributed by atoms with E-state index in [-0.39, 0.29) is 17.2 Å². The first-order valence-corrected chi connectivity index (χ1v) is 7.08. The fraction of sp³-hybridized carbons (Fsp3) is 0.0667. The van der Waals surface area contributed by atoms with Crippen LogP contribution in [0.4, 0.5) is 5.95 Å². The minimum atomic E-state index is -0.319. The van der Waals surface area contributed by atoms with E-state index in [1.54, 1.807) is 25.1 Å². The Hall–Kier alpha value is -2.93. The molecule has 0 fully saturated rings. The summed E-state index contributed by atoms with van der Waals surface area (Å²) in [6, 6.07) is 10.9. The number of hydrazone groups is 1. The fourth-order valence-corrected chi connectivity index (χ4v) is 1.92. The molecule has 2 N–H and O–H groups in total. The van der Waals surface area contributed by atoms with Crippen molar-refractivity contribution in [2.24, 2.45) is 5.10 Å². The molecule has 3 aromatic rings. The number of hydrogen-bond donors (Lipinski definition) is 2. The number of furan rings is 1. The Labute approximate surface area is 136 Å². The molecule has 2 aromatic heterocycles. The van der Waals surface area contributed by atoms with Crippen LogP contribution < -0.4 is 11.0 Å². The molecule has 0 radical (unpaired) electrons. The summed E-state index contributed by atoms with van der Waals surface area (Å²) in [6.07, 6.45) is 1.47. The Bertz CT molecular complexity index is 899. The molecule has 0 aliphatic rings. The second-order valence-corrected chi connectivity index (χ2v) is 5.10. The Morgan fingerprint density at radius 1 is 1.22 bits per heavy atom. The molecule has 0 aliphatic heterocycles. The van der Waals surface area contributed by atoms with Crippen LogP contribution >= 0.6 is 11.6 Å². The predicted molar refractivity (Wildman–Crippen MR) is 87.8 cm³/mol. The van der Waals surface area contributed by atoms with E-state index in [4.69, 9.17) is 16.0 Å². The van der Waals surface area contributed by atoms with Gasteiger partial charge in [0.25, 0.3) is 5.56 Å². The molecule has 0 amide bonds. The summed E-state index contributed by atoms with van der Waals surface area (Å²) in [4.78, 5) is 13.9. The van der Waals surface area contributed by atoms with E-state index >= 15 is 0 Å². The van der Waals surface area contributed by atoms with E-state index in [1.165, 1.54) is 6.21 Å². The van der Waals surface area contributed by atoms with Crippen LogP contribution in [0.3, 0.4) is 0 Å². The number of anilines is 1. The van der Waals surface area contributed by atoms with Crippen LogP contribution in [0.2, 0.25) is 5.02 Å². The predicted octanol–water partition coefficient (Wildman–Crippen LogP) is 2.83. The first-order chi connectivity index (χ1) is 11.1. The molecule has 0 aliphatic carbocycles. The van der Waals surface area contributed by atoms with Crippen LogP contribution in [0, 0.1) is 6.92 Å². The van der Waals surface area contributed by atoms with Crippen molar-refractivity contribution in [1.82, 2.24) is 15.2 Å². The highest BCUT2D eigenvalue weighted by Gasteiger charge is 2.03. The van der Waals surface area contributed by atoms with E-state index in [1.807, 2.05) is 18.2 Å². The molecule has 116 valence electrons. The lowest BCUT2D eigenvalue weighted by Crippen LogP contribution is -2.15. The van der Waals surface area contributed by atoms with Gasteiger partial charge < -0.3 is 4.42 Å². The maximum absolute atomic E-state index is 11.4. The molecule has 0 saturated carbocycles. The smallest absolute Gasteiger partial charge is 0.274 e. The largest absolute Gasteiger partial charge is 0.455 e. The second-order valence-electron chi connectivity index (χ2n) is 4.67. The maximum Gasteiger partial charge on any atom is 0.274 e. The minimum Gasteiger partial charge on any atom is -0.455 e. The van der Waals surface area contributed by atoms with Crippen molar-refractivity contribution in [3.05, 3.63) is 63.2 Å². The number of aromatic amines is 1. The highest BCUT2D eigenvalue weighted by atomic mass is 35.5. The SMILES string of the molecule is Cc1nnc(N/N=C/c2ccc(-c3ccc(Cl)cc3)o2)[nH]c1=O. The number of aryl methyl sites for hydroxylation is 1. The van der Waals surface area contributed by atoms with Crippen molar-refractivity contribution in [3.8, 4) is 11.3 Å². The van der Waals surface area contributed by atoms with Crippen LogP contribution in [0.5, 0.6) is 0 Å². The summed E-state index contributed by atoms with van der Waals surface area (Å²) in [7, 11) is 0. The lowest BCUT2D eigenvalue weighted by molar-refractivity contribution is 0.575. The van der Waals surface area contributed by atoms with Crippen molar-refractivity contribution in [3.63, 3.8) is 0 Å². The summed E-state index contributed by atoms with van der Waals surface area (Å²) >= 11 is 5.86. The Kier molecular flexibility index (Phi) is 4.20. The van der Waals surface area contributed by atoms with E-state index < -0.39 is 0 Å². The highest BCUT2D eigenvalue weighted by molar-refractivity contribution is 6.30. The molecule has 8 heteroatoms. The molecule has 1 aromatic carbocycles. The zero-order chi connectivity index (χ0) is 16.2. The van der Waals surface area contributed by atoms with Crippen LogP contribution in [0.15, 0.2) is 50.7 Å². The topological polar surface area (TPSA) is 96.2 Å². The zero-order valence-corrected chi connectivity index (χ0v) is 12.8. The monoisotopic (exact) mass is 329 g/mol. The quantitative estimate of drug-likeness (QED) is 0.566. The van der Waals surface area contributed by atoms with Gasteiger partial charge in [0, 0.05) is 10.6 Å². The van der Waals surface area contributed by atoms with Gasteiger partial charge in [0.2, 0.25) is 5.95 Å². The van der Waals surface area contributed by atoms with Gasteiger partial charge in [-0.05, 0) is 43.3 Å². The lowest BCUT2D eigenvalue weighted by atomic mass is 10.2. The first kappa shape index (κ1) is 15.0. The summed E-state index contributed by atoms with van der Waals surface area (Å²) in [5.74, 6) is 1.40. The third-order valence-electron chi connectivity index (χ3n) is 2.98. The molecule has 2 heterocycles. The molecule has 0 saturated heterocycles. The number of nitrogens with zero attached hydrogens (tertiary/aromatic N) is 3. The third-order valence-corrected chi connectivity index (χ3v) is 3.23. The molecular formula is C15H12ClN5O2. The number of benzene rings is 1. The Morgan fingerprint density at radius 3 is 2.74 bits per heavy atom. The molecule has 0 spiro atoms. The fourth-order valence-electron chi connectivity index (χ4n) is 1.79. The molecule has 0 unspecified atom stereocenters. The highest BCUT2D eigenvalue weighted by Crippen LogP contribution is 2.23. The molecule has 7 nitrogen and oxygen atoms in total. The van der Waals surface area contributed by atoms with Gasteiger partial charge in [-0.15, -0.1) is 10.2 Å².